The van der Waals surface area contributed by atoms with Crippen LogP contribution in [-0.2, 0) is 111 Å². The zero-order valence-electron chi connectivity index (χ0n) is 36.9. The van der Waals surface area contributed by atoms with Crippen molar-refractivity contribution in [2.75, 3.05) is 0 Å². The Morgan fingerprint density at radius 3 is 0.627 bits per heavy atom. The molecule has 0 heterocycles. The van der Waals surface area contributed by atoms with E-state index in [0.717, 1.165) is 19.3 Å². The molecule has 3 saturated carbocycles. The Kier molecular flexibility index (Phi) is 85.0. The molecule has 67 heavy (non-hydrogen) atoms. The summed E-state index contributed by atoms with van der Waals surface area (Å²) >= 11 is 0. The van der Waals surface area contributed by atoms with E-state index in [2.05, 4.69) is 45.2 Å². The molecule has 0 bridgehead atoms. The Hall–Kier alpha value is -3.57. The molecule has 0 spiro atoms. The third-order valence-electron chi connectivity index (χ3n) is 7.52. The minimum Gasteiger partial charge on any atom is -0.677 e. The number of rotatable bonds is 3. The van der Waals surface area contributed by atoms with Gasteiger partial charge in [-0.05, 0) is 20.8 Å². The van der Waals surface area contributed by atoms with Gasteiger partial charge in [-0.15, -0.1) is 0 Å². The van der Waals surface area contributed by atoms with Crippen molar-refractivity contribution in [3.63, 3.8) is 0 Å². The summed E-state index contributed by atoms with van der Waals surface area (Å²) in [5.74, 6) is -12.0. The predicted octanol–water partition coefficient (Wildman–Crippen LogP) is 3.95. The third-order valence-corrected chi connectivity index (χ3v) is 7.52. The molecule has 0 aromatic heterocycles. The van der Waals surface area contributed by atoms with Crippen LogP contribution in [0.3, 0.4) is 0 Å². The molecule has 0 aromatic carbocycles. The first-order chi connectivity index (χ1) is 26.9. The summed E-state index contributed by atoms with van der Waals surface area (Å²) in [6.45, 7) is 25.8. The maximum atomic E-state index is 10.7. The first kappa shape index (κ1) is 97.2. The van der Waals surface area contributed by atoms with Crippen molar-refractivity contribution in [2.24, 2.45) is 17.8 Å². The molecule has 27 heteroatoms. The number of aliphatic carboxylic acids is 7. The first-order valence-corrected chi connectivity index (χ1v) is 17.9. The van der Waals surface area contributed by atoms with Crippen LogP contribution in [0, 0.1) is 38.5 Å². The van der Waals surface area contributed by atoms with Crippen molar-refractivity contribution in [3.05, 3.63) is 74.4 Å². The van der Waals surface area contributed by atoms with Gasteiger partial charge in [-0.25, -0.2) is 43.2 Å². The normalized spacial score (nSPS) is 18.3. The summed E-state index contributed by atoms with van der Waals surface area (Å²) in [4.78, 5) is 85.5. The van der Waals surface area contributed by atoms with Gasteiger partial charge in [-0.1, -0.05) is 104 Å². The monoisotopic (exact) mass is 1520 g/mol. The Bertz CT molecular complexity index is 1180. The minimum absolute atomic E-state index is 0. The molecule has 0 amide bonds. The number of esters is 2. The van der Waals surface area contributed by atoms with Crippen molar-refractivity contribution < 1.29 is 169 Å². The summed E-state index contributed by atoms with van der Waals surface area (Å²) in [5.41, 5.74) is 22.8. The zero-order valence-corrected chi connectivity index (χ0v) is 43.7. The Morgan fingerprint density at radius 2 is 0.552 bits per heavy atom. The predicted molar refractivity (Wildman–Crippen MR) is 236 cm³/mol. The van der Waals surface area contributed by atoms with Crippen LogP contribution in [0.5, 0.6) is 0 Å². The SMILES string of the molecule is C.C=C(C)C(=O)O.C=C(C)C(=O)OC(=O)C(=C)C.O.O.O.O.O=C(O)C(=O)O.O=C(O)C(=O)O.O=C(O)C(=O)O.[CH2-]C1CCCCC1[NH-].[CH2-]C1CCCCC1[NH-].[CH2-]C1CCCCC1[NH-].[Pt+2].[Pt+2].[Pt+2]. The largest absolute Gasteiger partial charge is 2.00 e. The van der Waals surface area contributed by atoms with Gasteiger partial charge < -0.3 is 100 Å². The Labute approximate surface area is 435 Å². The standard InChI is InChI=1S/C8H10O3.3C7H13N.C4H6O2.3C2H2O4.CH4.4H2O.3Pt/c1-5(2)7(9)11-8(10)6(3)4;3*1-6-4-2-3-5-7(6)8;1-3(2)4(5)6;3*3-1(4)2(5)6;;;;;;;;/h1,3H2,2,4H3;3*6-8H,1-5H2;1H2,2H3,(H,5,6);3*(H,3,4)(H,5,6);1H4;4*1H2;;;/q;3*-2;;;;;;;;;;3*+2. The summed E-state index contributed by atoms with van der Waals surface area (Å²) in [7, 11) is 0. The van der Waals surface area contributed by atoms with Gasteiger partial charge in [0.05, 0.1) is 0 Å². The van der Waals surface area contributed by atoms with Crippen LogP contribution in [0.1, 0.15) is 105 Å². The van der Waals surface area contributed by atoms with Crippen molar-refractivity contribution in [1.29, 1.82) is 0 Å². The van der Waals surface area contributed by atoms with Crippen molar-refractivity contribution in [1.82, 2.24) is 0 Å². The smallest absolute Gasteiger partial charge is 0.677 e. The van der Waals surface area contributed by atoms with Crippen LogP contribution in [0.25, 0.3) is 17.2 Å². The van der Waals surface area contributed by atoms with Crippen LogP contribution in [0.4, 0.5) is 0 Å². The summed E-state index contributed by atoms with van der Waals surface area (Å²) in [6, 6.07) is 0.427. The van der Waals surface area contributed by atoms with E-state index in [1.165, 1.54) is 78.6 Å². The van der Waals surface area contributed by atoms with Crippen LogP contribution in [0.15, 0.2) is 36.5 Å². The van der Waals surface area contributed by atoms with Gasteiger partial charge in [0.15, 0.2) is 0 Å². The van der Waals surface area contributed by atoms with Gasteiger partial charge in [-0.3, -0.25) is 0 Å². The van der Waals surface area contributed by atoms with Gasteiger partial charge in [0.25, 0.3) is 0 Å². The van der Waals surface area contributed by atoms with Crippen molar-refractivity contribution in [3.8, 4) is 0 Å². The Morgan fingerprint density at radius 1 is 0.403 bits per heavy atom. The quantitative estimate of drug-likeness (QED) is 0.0691. The summed E-state index contributed by atoms with van der Waals surface area (Å²) in [5, 5.41) is 52.2. The van der Waals surface area contributed by atoms with E-state index in [0.29, 0.717) is 17.8 Å². The van der Waals surface area contributed by atoms with Crippen LogP contribution < -0.4 is 0 Å². The summed E-state index contributed by atoms with van der Waals surface area (Å²) < 4.78 is 4.30. The fraction of sp³-hybridized carbons (Fsp3) is 0.550. The molecule has 3 aliphatic carbocycles. The molecular weight excluding hydrogens is 1440 g/mol. The fourth-order valence-corrected chi connectivity index (χ4v) is 3.88. The van der Waals surface area contributed by atoms with Gasteiger partial charge >= 0.3 is 117 Å². The molecule has 6 unspecified atom stereocenters. The number of carbonyl (C=O) groups is 9. The van der Waals surface area contributed by atoms with E-state index in [1.54, 1.807) is 0 Å². The Balaban J connectivity index is -0.0000000448. The molecule has 0 aromatic rings. The summed E-state index contributed by atoms with van der Waals surface area (Å²) in [6.07, 6.45) is 14.4. The number of carbonyl (C=O) groups excluding carboxylic acids is 2. The van der Waals surface area contributed by atoms with Crippen molar-refractivity contribution >= 4 is 53.7 Å². The van der Waals surface area contributed by atoms with Gasteiger partial charge in [0.1, 0.15) is 0 Å². The van der Waals surface area contributed by atoms with Crippen LogP contribution >= 0.6 is 0 Å². The number of nitrogens with one attached hydrogen (secondary N) is 3. The van der Waals surface area contributed by atoms with E-state index >= 15 is 0 Å². The molecule has 404 valence electrons. The fourth-order valence-electron chi connectivity index (χ4n) is 3.88. The number of carboxylic acid groups (broad SMARTS) is 7. The molecule has 18 N–H and O–H groups in total. The number of hydrogen-bond acceptors (Lipinski definition) is 10. The van der Waals surface area contributed by atoms with Gasteiger partial charge in [-0.2, -0.15) is 35.9 Å². The number of ether oxygens (including phenoxy) is 1. The minimum atomic E-state index is -1.82. The maximum absolute atomic E-state index is 10.7. The third kappa shape index (κ3) is 69.1. The van der Waals surface area contributed by atoms with E-state index in [4.69, 9.17) is 81.7 Å². The average Bonchev–Trinajstić information content (AvgIpc) is 3.13. The molecular formula is C40H73N3O21Pt3. The van der Waals surface area contributed by atoms with Crippen LogP contribution in [-0.4, -0.2) is 129 Å². The molecule has 0 radical (unpaired) electrons. The molecule has 3 fully saturated rings. The number of carboxylic acids is 7. The molecule has 0 saturated heterocycles. The van der Waals surface area contributed by atoms with E-state index in [-0.39, 0.29) is 127 Å². The second-order valence-corrected chi connectivity index (χ2v) is 13.1. The van der Waals surface area contributed by atoms with Crippen molar-refractivity contribution in [2.45, 2.75) is 123 Å². The molecule has 6 atom stereocenters. The second-order valence-electron chi connectivity index (χ2n) is 13.1. The molecule has 0 aliphatic heterocycles. The maximum Gasteiger partial charge on any atom is 2.00 e. The molecule has 24 nitrogen and oxygen atoms in total. The van der Waals surface area contributed by atoms with E-state index < -0.39 is 53.7 Å². The molecule has 3 aliphatic rings. The van der Waals surface area contributed by atoms with Gasteiger partial charge in [0.2, 0.25) is 0 Å². The average molecular weight is 1520 g/mol. The number of hydrogen-bond donors (Lipinski definition) is 7. The zero-order chi connectivity index (χ0) is 47.6. The first-order valence-electron chi connectivity index (χ1n) is 17.9. The second kappa shape index (κ2) is 58.6. The topological polar surface area (TPSA) is 502 Å². The van der Waals surface area contributed by atoms with E-state index in [1.807, 2.05) is 0 Å². The van der Waals surface area contributed by atoms with Crippen LogP contribution in [0.2, 0.25) is 0 Å². The molecule has 3 rings (SSSR count). The van der Waals surface area contributed by atoms with Gasteiger partial charge in [0, 0.05) is 16.7 Å². The van der Waals surface area contributed by atoms with E-state index in [9.17, 15) is 14.4 Å².